The zero-order valence-electron chi connectivity index (χ0n) is 22.8. The van der Waals surface area contributed by atoms with Gasteiger partial charge in [-0.15, -0.1) is 0 Å². The quantitative estimate of drug-likeness (QED) is 0.311. The van der Waals surface area contributed by atoms with Crippen LogP contribution in [-0.4, -0.2) is 0 Å². The molecule has 0 radical (unpaired) electrons. The Labute approximate surface area is 188 Å². The van der Waals surface area contributed by atoms with E-state index in [9.17, 15) is 5.26 Å². The average Bonchev–Trinajstić information content (AvgIpc) is 3.22. The lowest BCUT2D eigenvalue weighted by Crippen LogP contribution is -2.30. The molecular formula is C28H23N2O+. The maximum Gasteiger partial charge on any atom is 0.216 e. The van der Waals surface area contributed by atoms with E-state index in [4.69, 9.17) is 11.3 Å². The zero-order chi connectivity index (χ0) is 26.0. The summed E-state index contributed by atoms with van der Waals surface area (Å²) in [7, 11) is 1.96. The molecule has 3 nitrogen and oxygen atoms in total. The maximum atomic E-state index is 9.91. The van der Waals surface area contributed by atoms with Gasteiger partial charge >= 0.3 is 0 Å². The highest BCUT2D eigenvalue weighted by molar-refractivity contribution is 6.14. The van der Waals surface area contributed by atoms with Gasteiger partial charge in [-0.3, -0.25) is 0 Å². The van der Waals surface area contributed by atoms with E-state index in [0.29, 0.717) is 33.2 Å². The number of furan rings is 1. The molecule has 5 aromatic rings. The number of pyridine rings is 1. The summed E-state index contributed by atoms with van der Waals surface area (Å²) in [6.07, 6.45) is 1.99. The van der Waals surface area contributed by atoms with Gasteiger partial charge in [0.1, 0.15) is 18.2 Å². The molecule has 31 heavy (non-hydrogen) atoms. The Kier molecular flexibility index (Phi) is 3.25. The number of benzene rings is 3. The van der Waals surface area contributed by atoms with Crippen molar-refractivity contribution in [3.05, 3.63) is 89.0 Å². The van der Waals surface area contributed by atoms with Crippen molar-refractivity contribution in [2.45, 2.75) is 20.8 Å². The fraction of sp³-hybridized carbons (Fsp3) is 0.143. The van der Waals surface area contributed by atoms with Crippen molar-refractivity contribution < 1.29 is 15.8 Å². The summed E-state index contributed by atoms with van der Waals surface area (Å²) in [5.74, 6) is 0. The van der Waals surface area contributed by atoms with Gasteiger partial charge in [0.15, 0.2) is 6.20 Å². The number of hydrogen-bond acceptors (Lipinski definition) is 2. The number of nitrogens with zero attached hydrogens (tertiary/aromatic N) is 2. The van der Waals surface area contributed by atoms with Gasteiger partial charge in [-0.1, -0.05) is 42.3 Å². The number of aryl methyl sites for hydroxylation is 3. The third-order valence-electron chi connectivity index (χ3n) is 5.83. The molecular weight excluding hydrogens is 380 g/mol. The van der Waals surface area contributed by atoms with Crippen molar-refractivity contribution in [2.24, 2.45) is 7.05 Å². The summed E-state index contributed by atoms with van der Waals surface area (Å²) >= 11 is 0. The molecule has 0 atom stereocenters. The molecule has 0 amide bonds. The molecule has 0 spiro atoms. The molecule has 2 heterocycles. The molecule has 3 aromatic carbocycles. The molecule has 0 aliphatic carbocycles. The van der Waals surface area contributed by atoms with Crippen LogP contribution in [0.3, 0.4) is 0 Å². The molecule has 3 heteroatoms. The standard InChI is InChI=1S/C28H23N2O/c1-17-12-13-30(4)24(14-17)25-18(2)10-11-22-23-15-21(16-29)19(3)26(28(23)31-27(22)25)20-8-6-5-7-9-20/h5-15H,1-4H3/q+1/i5D,6D,7D,8D,9D. The second-order valence-electron chi connectivity index (χ2n) is 7.85. The first kappa shape index (κ1) is 14.2. The van der Waals surface area contributed by atoms with E-state index >= 15 is 0 Å². The summed E-state index contributed by atoms with van der Waals surface area (Å²) in [4.78, 5) is 0. The van der Waals surface area contributed by atoms with Crippen molar-refractivity contribution in [1.82, 2.24) is 0 Å². The molecule has 2 aromatic heterocycles. The van der Waals surface area contributed by atoms with Crippen LogP contribution in [0.15, 0.2) is 71.2 Å². The van der Waals surface area contributed by atoms with Crippen molar-refractivity contribution in [1.29, 1.82) is 5.26 Å². The monoisotopic (exact) mass is 408 g/mol. The van der Waals surface area contributed by atoms with Gasteiger partial charge in [-0.05, 0) is 49.1 Å². The number of aromatic nitrogens is 1. The lowest BCUT2D eigenvalue weighted by molar-refractivity contribution is -0.660. The topological polar surface area (TPSA) is 40.8 Å². The van der Waals surface area contributed by atoms with Crippen LogP contribution in [0.2, 0.25) is 0 Å². The first-order valence-electron chi connectivity index (χ1n) is 12.5. The van der Waals surface area contributed by atoms with E-state index in [1.54, 1.807) is 13.0 Å². The highest BCUT2D eigenvalue weighted by Gasteiger charge is 2.23. The molecule has 0 bridgehead atoms. The third-order valence-corrected chi connectivity index (χ3v) is 5.83. The summed E-state index contributed by atoms with van der Waals surface area (Å²) in [6.45, 7) is 5.75. The fourth-order valence-electron chi connectivity index (χ4n) is 4.20. The average molecular weight is 409 g/mol. The van der Waals surface area contributed by atoms with Crippen molar-refractivity contribution in [3.63, 3.8) is 0 Å². The Hall–Kier alpha value is -3.90. The van der Waals surface area contributed by atoms with E-state index in [0.717, 1.165) is 27.8 Å². The van der Waals surface area contributed by atoms with Gasteiger partial charge in [0.25, 0.3) is 0 Å². The van der Waals surface area contributed by atoms with Gasteiger partial charge in [-0.2, -0.15) is 5.26 Å². The third kappa shape index (κ3) is 2.92. The minimum absolute atomic E-state index is 0.0269. The molecule has 0 aliphatic heterocycles. The van der Waals surface area contributed by atoms with Crippen molar-refractivity contribution in [3.8, 4) is 28.5 Å². The highest BCUT2D eigenvalue weighted by atomic mass is 16.3. The van der Waals surface area contributed by atoms with E-state index in [-0.39, 0.29) is 17.6 Å². The van der Waals surface area contributed by atoms with E-state index in [1.807, 2.05) is 49.9 Å². The Bertz CT molecular complexity index is 1770. The summed E-state index contributed by atoms with van der Waals surface area (Å²) in [5.41, 5.74) is 6.20. The smallest absolute Gasteiger partial charge is 0.216 e. The minimum Gasteiger partial charge on any atom is -0.454 e. The number of nitriles is 1. The molecule has 0 saturated heterocycles. The Balaban J connectivity index is 2.01. The van der Waals surface area contributed by atoms with Gasteiger partial charge < -0.3 is 4.42 Å². The van der Waals surface area contributed by atoms with Gasteiger partial charge in [0.2, 0.25) is 5.69 Å². The van der Waals surface area contributed by atoms with Gasteiger partial charge in [0.05, 0.1) is 24.0 Å². The molecule has 150 valence electrons. The second kappa shape index (κ2) is 7.11. The Morgan fingerprint density at radius 2 is 1.68 bits per heavy atom. The predicted octanol–water partition coefficient (Wildman–Crippen LogP) is 6.54. The lowest BCUT2D eigenvalue weighted by atomic mass is 9.93. The normalized spacial score (nSPS) is 13.5. The molecule has 0 N–H and O–H groups in total. The lowest BCUT2D eigenvalue weighted by Gasteiger charge is -2.08. The highest BCUT2D eigenvalue weighted by Crippen LogP contribution is 2.42. The van der Waals surface area contributed by atoms with Crippen LogP contribution in [-0.2, 0) is 7.05 Å². The molecule has 0 saturated carbocycles. The van der Waals surface area contributed by atoms with Crippen molar-refractivity contribution in [2.75, 3.05) is 0 Å². The summed E-state index contributed by atoms with van der Waals surface area (Å²) in [6, 6.07) is 10.0. The van der Waals surface area contributed by atoms with Crippen LogP contribution in [0.5, 0.6) is 0 Å². The number of fused-ring (bicyclic) bond motifs is 3. The summed E-state index contributed by atoms with van der Waals surface area (Å²) in [5, 5.41) is 11.4. The van der Waals surface area contributed by atoms with E-state index < -0.39 is 18.1 Å². The van der Waals surface area contributed by atoms with Crippen LogP contribution >= 0.6 is 0 Å². The number of hydrogen-bond donors (Lipinski definition) is 0. The first-order valence-corrected chi connectivity index (χ1v) is 10.00. The zero-order valence-corrected chi connectivity index (χ0v) is 17.8. The van der Waals surface area contributed by atoms with Crippen LogP contribution in [0, 0.1) is 32.1 Å². The number of rotatable bonds is 2. The first-order chi connectivity index (χ1) is 17.1. The second-order valence-corrected chi connectivity index (χ2v) is 7.85. The maximum absolute atomic E-state index is 9.91. The summed E-state index contributed by atoms with van der Waals surface area (Å²) < 4.78 is 50.1. The Morgan fingerprint density at radius 3 is 2.42 bits per heavy atom. The fourth-order valence-corrected chi connectivity index (χ4v) is 4.20. The predicted molar refractivity (Wildman–Crippen MR) is 125 cm³/mol. The van der Waals surface area contributed by atoms with Gasteiger partial charge in [-0.25, -0.2) is 4.57 Å². The molecule has 0 aliphatic rings. The van der Waals surface area contributed by atoms with Crippen molar-refractivity contribution >= 4 is 21.9 Å². The Morgan fingerprint density at radius 1 is 0.935 bits per heavy atom. The SMILES string of the molecule is [2H]c1c([2H])c([2H])c(-c2c(C)c(C#N)cc3c2oc2c(-c4cc(C)cc[n+]4C)c(C)ccc23)c([2H])c1[2H]. The van der Waals surface area contributed by atoms with Gasteiger partial charge in [0, 0.05) is 28.5 Å². The molecule has 0 fully saturated rings. The van der Waals surface area contributed by atoms with Crippen LogP contribution < -0.4 is 4.57 Å². The molecule has 0 unspecified atom stereocenters. The van der Waals surface area contributed by atoms with Crippen LogP contribution in [0.4, 0.5) is 0 Å². The van der Waals surface area contributed by atoms with Crippen LogP contribution in [0.1, 0.15) is 29.1 Å². The minimum atomic E-state index is -0.464. The van der Waals surface area contributed by atoms with Crippen LogP contribution in [0.25, 0.3) is 44.3 Å². The molecule has 5 rings (SSSR count). The van der Waals surface area contributed by atoms with E-state index in [1.165, 1.54) is 0 Å². The van der Waals surface area contributed by atoms with E-state index in [2.05, 4.69) is 12.1 Å². The largest absolute Gasteiger partial charge is 0.454 e.